The molecule has 1 aliphatic heterocycles. The summed E-state index contributed by atoms with van der Waals surface area (Å²) in [4.78, 5) is 14.9. The zero-order chi connectivity index (χ0) is 14.7. The van der Waals surface area contributed by atoms with E-state index in [1.54, 1.807) is 12.1 Å². The lowest BCUT2D eigenvalue weighted by Gasteiger charge is -2.09. The second-order valence-electron chi connectivity index (χ2n) is 4.86. The van der Waals surface area contributed by atoms with E-state index in [4.69, 9.17) is 4.74 Å². The molecule has 2 aromatic rings. The first kappa shape index (κ1) is 14.0. The number of ether oxygens (including phenoxy) is 1. The van der Waals surface area contributed by atoms with Crippen molar-refractivity contribution in [3.05, 3.63) is 39.8 Å². The summed E-state index contributed by atoms with van der Waals surface area (Å²) in [5, 5.41) is 16.8. The Labute approximate surface area is 125 Å². The molecule has 0 amide bonds. The predicted octanol–water partition coefficient (Wildman–Crippen LogP) is 3.31. The molecule has 1 saturated heterocycles. The standard InChI is InChI=1S/C14H15N3O3S/c18-17(19)11-4-1-3-10(7-11)13-9-21-14(16-13)15-8-12-5-2-6-20-12/h1,3-4,7,9,12H,2,5-6,8H2,(H,15,16). The summed E-state index contributed by atoms with van der Waals surface area (Å²) < 4.78 is 5.55. The van der Waals surface area contributed by atoms with Gasteiger partial charge in [-0.2, -0.15) is 0 Å². The first-order valence-corrected chi connectivity index (χ1v) is 7.66. The largest absolute Gasteiger partial charge is 0.376 e. The van der Waals surface area contributed by atoms with Crippen LogP contribution in [0.4, 0.5) is 10.8 Å². The molecule has 0 aliphatic carbocycles. The number of nitro benzene ring substituents is 1. The number of thiazole rings is 1. The van der Waals surface area contributed by atoms with E-state index >= 15 is 0 Å². The fourth-order valence-electron chi connectivity index (χ4n) is 2.27. The quantitative estimate of drug-likeness (QED) is 0.677. The van der Waals surface area contributed by atoms with Crippen LogP contribution in [0.1, 0.15) is 12.8 Å². The maximum atomic E-state index is 10.8. The fourth-order valence-corrected chi connectivity index (χ4v) is 3.00. The van der Waals surface area contributed by atoms with Crippen LogP contribution < -0.4 is 5.32 Å². The molecule has 21 heavy (non-hydrogen) atoms. The maximum Gasteiger partial charge on any atom is 0.270 e. The summed E-state index contributed by atoms with van der Waals surface area (Å²) in [5.41, 5.74) is 1.58. The minimum Gasteiger partial charge on any atom is -0.376 e. The van der Waals surface area contributed by atoms with E-state index in [-0.39, 0.29) is 11.8 Å². The first-order valence-electron chi connectivity index (χ1n) is 6.78. The molecule has 1 aromatic heterocycles. The van der Waals surface area contributed by atoms with Gasteiger partial charge in [-0.05, 0) is 12.8 Å². The Kier molecular flexibility index (Phi) is 4.12. The summed E-state index contributed by atoms with van der Waals surface area (Å²) >= 11 is 1.49. The minimum absolute atomic E-state index is 0.0781. The predicted molar refractivity (Wildman–Crippen MR) is 81.7 cm³/mol. The number of nitro groups is 1. The third-order valence-corrected chi connectivity index (χ3v) is 4.16. The number of nitrogens with one attached hydrogen (secondary N) is 1. The van der Waals surface area contributed by atoms with E-state index in [0.717, 1.165) is 42.4 Å². The highest BCUT2D eigenvalue weighted by Crippen LogP contribution is 2.27. The summed E-state index contributed by atoms with van der Waals surface area (Å²) in [6.07, 6.45) is 2.45. The van der Waals surface area contributed by atoms with Crippen LogP contribution in [0, 0.1) is 10.1 Å². The molecule has 1 aromatic carbocycles. The van der Waals surface area contributed by atoms with E-state index in [2.05, 4.69) is 10.3 Å². The summed E-state index contributed by atoms with van der Waals surface area (Å²) in [6.45, 7) is 1.59. The van der Waals surface area contributed by atoms with Gasteiger partial charge in [0.05, 0.1) is 16.7 Å². The van der Waals surface area contributed by atoms with Crippen LogP contribution in [0.5, 0.6) is 0 Å². The van der Waals surface area contributed by atoms with Crippen molar-refractivity contribution in [3.63, 3.8) is 0 Å². The monoisotopic (exact) mass is 305 g/mol. The van der Waals surface area contributed by atoms with Crippen LogP contribution in [0.3, 0.4) is 0 Å². The Hall–Kier alpha value is -1.99. The smallest absolute Gasteiger partial charge is 0.270 e. The molecule has 3 rings (SSSR count). The Balaban J connectivity index is 1.69. The minimum atomic E-state index is -0.396. The number of nitrogens with zero attached hydrogens (tertiary/aromatic N) is 2. The number of hydrogen-bond acceptors (Lipinski definition) is 6. The summed E-state index contributed by atoms with van der Waals surface area (Å²) in [6, 6.07) is 6.52. The van der Waals surface area contributed by atoms with Crippen LogP contribution >= 0.6 is 11.3 Å². The Bertz CT molecular complexity index is 638. The first-order chi connectivity index (χ1) is 10.2. The van der Waals surface area contributed by atoms with Crippen LogP contribution in [0.25, 0.3) is 11.3 Å². The highest BCUT2D eigenvalue weighted by Gasteiger charge is 2.16. The van der Waals surface area contributed by atoms with E-state index in [1.807, 2.05) is 11.4 Å². The molecule has 6 nitrogen and oxygen atoms in total. The number of hydrogen-bond donors (Lipinski definition) is 1. The van der Waals surface area contributed by atoms with Crippen molar-refractivity contribution in [1.82, 2.24) is 4.98 Å². The van der Waals surface area contributed by atoms with Gasteiger partial charge < -0.3 is 10.1 Å². The van der Waals surface area contributed by atoms with E-state index in [1.165, 1.54) is 17.4 Å². The van der Waals surface area contributed by atoms with Crippen molar-refractivity contribution < 1.29 is 9.66 Å². The highest BCUT2D eigenvalue weighted by atomic mass is 32.1. The summed E-state index contributed by atoms with van der Waals surface area (Å²) in [5.74, 6) is 0. The van der Waals surface area contributed by atoms with Crippen molar-refractivity contribution >= 4 is 22.2 Å². The van der Waals surface area contributed by atoms with Crippen LogP contribution in [-0.2, 0) is 4.74 Å². The normalized spacial score (nSPS) is 17.8. The molecule has 0 spiro atoms. The van der Waals surface area contributed by atoms with Crippen LogP contribution in [-0.4, -0.2) is 29.2 Å². The van der Waals surface area contributed by atoms with Gasteiger partial charge in [0.2, 0.25) is 0 Å². The molecule has 0 radical (unpaired) electrons. The molecule has 0 bridgehead atoms. The maximum absolute atomic E-state index is 10.8. The van der Waals surface area contributed by atoms with Gasteiger partial charge in [0.25, 0.3) is 5.69 Å². The Morgan fingerprint density at radius 1 is 1.52 bits per heavy atom. The second kappa shape index (κ2) is 6.19. The van der Waals surface area contributed by atoms with Gasteiger partial charge >= 0.3 is 0 Å². The number of aromatic nitrogens is 1. The summed E-state index contributed by atoms with van der Waals surface area (Å²) in [7, 11) is 0. The van der Waals surface area contributed by atoms with Crippen molar-refractivity contribution in [2.45, 2.75) is 18.9 Å². The van der Waals surface area contributed by atoms with Crippen molar-refractivity contribution in [2.75, 3.05) is 18.5 Å². The molecule has 1 N–H and O–H groups in total. The van der Waals surface area contributed by atoms with E-state index in [9.17, 15) is 10.1 Å². The molecule has 1 aliphatic rings. The average Bonchev–Trinajstić information content (AvgIpc) is 3.17. The number of rotatable bonds is 5. The van der Waals surface area contributed by atoms with Crippen molar-refractivity contribution in [1.29, 1.82) is 0 Å². The Morgan fingerprint density at radius 2 is 2.43 bits per heavy atom. The van der Waals surface area contributed by atoms with E-state index < -0.39 is 4.92 Å². The third-order valence-electron chi connectivity index (χ3n) is 3.36. The molecule has 7 heteroatoms. The number of non-ortho nitro benzene ring substituents is 1. The van der Waals surface area contributed by atoms with E-state index in [0.29, 0.717) is 0 Å². The number of benzene rings is 1. The van der Waals surface area contributed by atoms with Gasteiger partial charge in [0, 0.05) is 36.2 Å². The van der Waals surface area contributed by atoms with Gasteiger partial charge in [-0.25, -0.2) is 4.98 Å². The van der Waals surface area contributed by atoms with Gasteiger partial charge in [-0.1, -0.05) is 12.1 Å². The molecule has 1 fully saturated rings. The van der Waals surface area contributed by atoms with Gasteiger partial charge in [-0.15, -0.1) is 11.3 Å². The second-order valence-corrected chi connectivity index (χ2v) is 5.72. The Morgan fingerprint density at radius 3 is 3.19 bits per heavy atom. The molecule has 1 unspecified atom stereocenters. The molecular formula is C14H15N3O3S. The highest BCUT2D eigenvalue weighted by molar-refractivity contribution is 7.14. The van der Waals surface area contributed by atoms with Gasteiger partial charge in [-0.3, -0.25) is 10.1 Å². The average molecular weight is 305 g/mol. The van der Waals surface area contributed by atoms with Crippen molar-refractivity contribution in [3.8, 4) is 11.3 Å². The fraction of sp³-hybridized carbons (Fsp3) is 0.357. The van der Waals surface area contributed by atoms with Crippen molar-refractivity contribution in [2.24, 2.45) is 0 Å². The van der Waals surface area contributed by atoms with Crippen LogP contribution in [0.15, 0.2) is 29.6 Å². The lowest BCUT2D eigenvalue weighted by molar-refractivity contribution is -0.384. The molecular weight excluding hydrogens is 290 g/mol. The molecule has 1 atom stereocenters. The topological polar surface area (TPSA) is 77.3 Å². The van der Waals surface area contributed by atoms with Gasteiger partial charge in [0.15, 0.2) is 5.13 Å². The lowest BCUT2D eigenvalue weighted by atomic mass is 10.1. The SMILES string of the molecule is O=[N+]([O-])c1cccc(-c2csc(NCC3CCCO3)n2)c1. The molecule has 2 heterocycles. The molecule has 110 valence electrons. The third kappa shape index (κ3) is 3.37. The molecule has 0 saturated carbocycles. The lowest BCUT2D eigenvalue weighted by Crippen LogP contribution is -2.18. The zero-order valence-electron chi connectivity index (χ0n) is 11.3. The number of anilines is 1. The van der Waals surface area contributed by atoms with Crippen LogP contribution in [0.2, 0.25) is 0 Å². The van der Waals surface area contributed by atoms with Gasteiger partial charge in [0.1, 0.15) is 0 Å². The zero-order valence-corrected chi connectivity index (χ0v) is 12.1.